The summed E-state index contributed by atoms with van der Waals surface area (Å²) in [5.41, 5.74) is 2.14. The Morgan fingerprint density at radius 1 is 1.18 bits per heavy atom. The second-order valence-electron chi connectivity index (χ2n) is 6.00. The van der Waals surface area contributed by atoms with Crippen LogP contribution in [0, 0.1) is 5.92 Å². The molecule has 1 fully saturated rings. The van der Waals surface area contributed by atoms with Gasteiger partial charge in [0.15, 0.2) is 0 Å². The lowest BCUT2D eigenvalue weighted by Crippen LogP contribution is -2.33. The highest BCUT2D eigenvalue weighted by Crippen LogP contribution is 2.23. The fourth-order valence-electron chi connectivity index (χ4n) is 3.06. The van der Waals surface area contributed by atoms with Crippen molar-refractivity contribution in [2.45, 2.75) is 38.5 Å². The van der Waals surface area contributed by atoms with Crippen molar-refractivity contribution in [3.63, 3.8) is 0 Å². The van der Waals surface area contributed by atoms with Gasteiger partial charge in [-0.1, -0.05) is 49.6 Å². The third kappa shape index (κ3) is 3.75. The van der Waals surface area contributed by atoms with Crippen LogP contribution in [-0.4, -0.2) is 22.4 Å². The molecular weight excluding hydrogens is 274 g/mol. The van der Waals surface area contributed by atoms with Gasteiger partial charge in [-0.15, -0.1) is 0 Å². The van der Waals surface area contributed by atoms with Gasteiger partial charge in [0.2, 0.25) is 5.91 Å². The predicted molar refractivity (Wildman–Crippen MR) is 87.3 cm³/mol. The number of rotatable bonds is 5. The largest absolute Gasteiger partial charge is 0.355 e. The molecule has 0 aliphatic heterocycles. The van der Waals surface area contributed by atoms with Crippen LogP contribution in [-0.2, 0) is 11.2 Å². The average Bonchev–Trinajstić information content (AvgIpc) is 3.05. The molecule has 0 bridgehead atoms. The highest BCUT2D eigenvalue weighted by atomic mass is 16.1. The highest BCUT2D eigenvalue weighted by molar-refractivity contribution is 5.78. The molecule has 0 atom stereocenters. The predicted octanol–water partition coefficient (Wildman–Crippen LogP) is 3.32. The van der Waals surface area contributed by atoms with Gasteiger partial charge in [0.05, 0.1) is 0 Å². The Kier molecular flexibility index (Phi) is 4.88. The minimum absolute atomic E-state index is 0.225. The van der Waals surface area contributed by atoms with Gasteiger partial charge in [-0.25, -0.2) is 4.98 Å². The first kappa shape index (κ1) is 14.8. The van der Waals surface area contributed by atoms with Gasteiger partial charge in [0.25, 0.3) is 0 Å². The van der Waals surface area contributed by atoms with E-state index in [0.717, 1.165) is 36.3 Å². The van der Waals surface area contributed by atoms with Crippen LogP contribution in [0.25, 0.3) is 11.4 Å². The summed E-state index contributed by atoms with van der Waals surface area (Å²) in [5.74, 6) is 1.34. The first-order valence-corrected chi connectivity index (χ1v) is 8.20. The molecule has 2 N–H and O–H groups in total. The van der Waals surface area contributed by atoms with Crippen LogP contribution in [0.1, 0.15) is 37.8 Å². The third-order valence-electron chi connectivity index (χ3n) is 4.35. The summed E-state index contributed by atoms with van der Waals surface area (Å²) in [6.07, 6.45) is 8.41. The molecule has 22 heavy (non-hydrogen) atoms. The molecule has 1 amide bonds. The van der Waals surface area contributed by atoms with Crippen LogP contribution in [0.4, 0.5) is 0 Å². The first-order chi connectivity index (χ1) is 10.8. The maximum absolute atomic E-state index is 12.1. The fraction of sp³-hybridized carbons (Fsp3) is 0.444. The molecule has 1 heterocycles. The van der Waals surface area contributed by atoms with Gasteiger partial charge < -0.3 is 10.3 Å². The average molecular weight is 297 g/mol. The number of nitrogens with zero attached hydrogens (tertiary/aromatic N) is 1. The van der Waals surface area contributed by atoms with E-state index in [1.165, 1.54) is 19.3 Å². The Morgan fingerprint density at radius 2 is 1.95 bits per heavy atom. The smallest absolute Gasteiger partial charge is 0.223 e. The van der Waals surface area contributed by atoms with E-state index in [2.05, 4.69) is 15.3 Å². The topological polar surface area (TPSA) is 57.8 Å². The maximum Gasteiger partial charge on any atom is 0.223 e. The van der Waals surface area contributed by atoms with Crippen molar-refractivity contribution in [1.29, 1.82) is 0 Å². The molecule has 4 nitrogen and oxygen atoms in total. The molecule has 4 heteroatoms. The van der Waals surface area contributed by atoms with Crippen LogP contribution in [0.15, 0.2) is 36.5 Å². The number of carbonyl (C=O) groups excluding carboxylic acids is 1. The summed E-state index contributed by atoms with van der Waals surface area (Å²) in [6.45, 7) is 0.672. The standard InChI is InChI=1S/C18H23N3O/c22-18(15-9-5-2-6-10-15)19-12-11-16-13-20-17(21-16)14-7-3-1-4-8-14/h1,3-4,7-8,13,15H,2,5-6,9-12H2,(H,19,22)(H,20,21). The minimum Gasteiger partial charge on any atom is -0.355 e. The quantitative estimate of drug-likeness (QED) is 0.889. The monoisotopic (exact) mass is 297 g/mol. The van der Waals surface area contributed by atoms with Crippen LogP contribution in [0.2, 0.25) is 0 Å². The molecule has 0 spiro atoms. The molecule has 1 aromatic heterocycles. The SMILES string of the molecule is O=C(NCCc1cnc(-c2ccccc2)[nH]1)C1CCCCC1. The number of aromatic nitrogens is 2. The van der Waals surface area contributed by atoms with Crippen molar-refractivity contribution < 1.29 is 4.79 Å². The number of benzene rings is 1. The summed E-state index contributed by atoms with van der Waals surface area (Å²) in [7, 11) is 0. The van der Waals surface area contributed by atoms with E-state index < -0.39 is 0 Å². The summed E-state index contributed by atoms with van der Waals surface area (Å²) < 4.78 is 0. The van der Waals surface area contributed by atoms with Gasteiger partial charge >= 0.3 is 0 Å². The molecule has 1 aromatic carbocycles. The van der Waals surface area contributed by atoms with E-state index in [9.17, 15) is 4.79 Å². The molecule has 116 valence electrons. The minimum atomic E-state index is 0.225. The van der Waals surface area contributed by atoms with Crippen molar-refractivity contribution in [3.8, 4) is 11.4 Å². The van der Waals surface area contributed by atoms with Gasteiger partial charge in [-0.2, -0.15) is 0 Å². The van der Waals surface area contributed by atoms with Gasteiger partial charge in [-0.3, -0.25) is 4.79 Å². The Labute approximate surface area is 131 Å². The van der Waals surface area contributed by atoms with E-state index in [0.29, 0.717) is 6.54 Å². The lowest BCUT2D eigenvalue weighted by Gasteiger charge is -2.20. The fourth-order valence-corrected chi connectivity index (χ4v) is 3.06. The Balaban J connectivity index is 1.48. The van der Waals surface area contributed by atoms with Gasteiger partial charge in [0.1, 0.15) is 5.82 Å². The number of amides is 1. The Morgan fingerprint density at radius 3 is 2.73 bits per heavy atom. The van der Waals surface area contributed by atoms with Crippen LogP contribution < -0.4 is 5.32 Å². The van der Waals surface area contributed by atoms with E-state index in [1.54, 1.807) is 0 Å². The zero-order valence-corrected chi connectivity index (χ0v) is 12.8. The van der Waals surface area contributed by atoms with Gasteiger partial charge in [-0.05, 0) is 12.8 Å². The zero-order valence-electron chi connectivity index (χ0n) is 12.8. The van der Waals surface area contributed by atoms with Crippen molar-refractivity contribution >= 4 is 5.91 Å². The molecule has 0 saturated heterocycles. The van der Waals surface area contributed by atoms with Gasteiger partial charge in [0, 0.05) is 36.3 Å². The normalized spacial score (nSPS) is 15.6. The van der Waals surface area contributed by atoms with E-state index >= 15 is 0 Å². The number of carbonyl (C=O) groups is 1. The molecule has 0 radical (unpaired) electrons. The summed E-state index contributed by atoms with van der Waals surface area (Å²) >= 11 is 0. The molecule has 0 unspecified atom stereocenters. The highest BCUT2D eigenvalue weighted by Gasteiger charge is 2.20. The number of hydrogen-bond donors (Lipinski definition) is 2. The maximum atomic E-state index is 12.1. The molecule has 2 aromatic rings. The number of nitrogens with one attached hydrogen (secondary N) is 2. The molecule has 3 rings (SSSR count). The third-order valence-corrected chi connectivity index (χ3v) is 4.35. The Bertz CT molecular complexity index is 600. The van der Waals surface area contributed by atoms with E-state index in [4.69, 9.17) is 0 Å². The number of hydrogen-bond acceptors (Lipinski definition) is 2. The summed E-state index contributed by atoms with van der Waals surface area (Å²) in [5, 5.41) is 3.06. The molecule has 1 aliphatic carbocycles. The molecular formula is C18H23N3O. The van der Waals surface area contributed by atoms with E-state index in [-0.39, 0.29) is 11.8 Å². The van der Waals surface area contributed by atoms with Crippen molar-refractivity contribution in [1.82, 2.24) is 15.3 Å². The van der Waals surface area contributed by atoms with Crippen LogP contribution >= 0.6 is 0 Å². The molecule has 1 saturated carbocycles. The summed E-state index contributed by atoms with van der Waals surface area (Å²) in [6, 6.07) is 10.1. The lowest BCUT2D eigenvalue weighted by molar-refractivity contribution is -0.125. The lowest BCUT2D eigenvalue weighted by atomic mass is 9.89. The van der Waals surface area contributed by atoms with Crippen molar-refractivity contribution in [2.75, 3.05) is 6.54 Å². The van der Waals surface area contributed by atoms with Crippen molar-refractivity contribution in [3.05, 3.63) is 42.2 Å². The Hall–Kier alpha value is -2.10. The second kappa shape index (κ2) is 7.25. The first-order valence-electron chi connectivity index (χ1n) is 8.20. The van der Waals surface area contributed by atoms with E-state index in [1.807, 2.05) is 36.5 Å². The molecule has 1 aliphatic rings. The van der Waals surface area contributed by atoms with Crippen LogP contribution in [0.3, 0.4) is 0 Å². The number of aromatic amines is 1. The van der Waals surface area contributed by atoms with Crippen LogP contribution in [0.5, 0.6) is 0 Å². The zero-order chi connectivity index (χ0) is 15.2. The number of imidazole rings is 1. The summed E-state index contributed by atoms with van der Waals surface area (Å²) in [4.78, 5) is 19.8. The van der Waals surface area contributed by atoms with Crippen molar-refractivity contribution in [2.24, 2.45) is 5.92 Å². The number of H-pyrrole nitrogens is 1. The second-order valence-corrected chi connectivity index (χ2v) is 6.00.